The maximum Gasteiger partial charge on any atom is 0.288 e. The molecule has 34 heavy (non-hydrogen) atoms. The molecule has 0 aliphatic carbocycles. The van der Waals surface area contributed by atoms with Gasteiger partial charge in [0.2, 0.25) is 0 Å². The van der Waals surface area contributed by atoms with Crippen LogP contribution in [0.1, 0.15) is 26.4 Å². The molecule has 0 aliphatic rings. The van der Waals surface area contributed by atoms with E-state index in [2.05, 4.69) is 15.5 Å². The van der Waals surface area contributed by atoms with Crippen molar-refractivity contribution in [3.8, 4) is 22.6 Å². The quantitative estimate of drug-likeness (QED) is 0.312. The number of carbonyl (C=O) groups excluding carboxylic acids is 2. The van der Waals surface area contributed by atoms with Crippen molar-refractivity contribution in [3.63, 3.8) is 0 Å². The van der Waals surface area contributed by atoms with Crippen molar-refractivity contribution in [2.45, 2.75) is 0 Å². The number of aromatic carboxylic acids is 1. The van der Waals surface area contributed by atoms with Crippen molar-refractivity contribution >= 4 is 40.6 Å². The van der Waals surface area contributed by atoms with E-state index in [4.69, 9.17) is 21.1 Å². The van der Waals surface area contributed by atoms with Crippen LogP contribution in [0.3, 0.4) is 0 Å². The molecule has 4 rings (SSSR count). The summed E-state index contributed by atoms with van der Waals surface area (Å²) in [5.74, 6) is -1.76. The summed E-state index contributed by atoms with van der Waals surface area (Å²) < 4.78 is 10.3. The summed E-state index contributed by atoms with van der Waals surface area (Å²) in [6, 6.07) is 17.7. The van der Waals surface area contributed by atoms with Crippen molar-refractivity contribution in [1.82, 2.24) is 10.4 Å². The van der Waals surface area contributed by atoms with Crippen LogP contribution in [0, 0.1) is 0 Å². The molecule has 8 nitrogen and oxygen atoms in total. The number of hydrogen-bond acceptors (Lipinski definition) is 6. The van der Waals surface area contributed by atoms with Gasteiger partial charge in [-0.1, -0.05) is 41.9 Å². The lowest BCUT2D eigenvalue weighted by atomic mass is 10.0. The fourth-order valence-corrected chi connectivity index (χ4v) is 3.89. The Morgan fingerprint density at radius 1 is 1.06 bits per heavy atom. The standard InChI is InChI=1S/C25H20ClN3O5/c1-33-19-11-8-15(21(25(31)32)23(19)34-2)13-27-29-24(30)22-20(14-6-4-3-5-7-14)17-12-16(26)9-10-18(17)28-22/h3-13,28H,1-2H3,(H,29,30)(H,31,32)/p-1. The Balaban J connectivity index is 1.70. The molecule has 2 N–H and O–H groups in total. The molecule has 172 valence electrons. The highest BCUT2D eigenvalue weighted by Gasteiger charge is 2.20. The predicted octanol–water partition coefficient (Wildman–Crippen LogP) is 3.63. The van der Waals surface area contributed by atoms with Crippen LogP contribution in [0.2, 0.25) is 5.02 Å². The fraction of sp³-hybridized carbons (Fsp3) is 0.0800. The zero-order valence-electron chi connectivity index (χ0n) is 18.2. The molecule has 0 spiro atoms. The average molecular weight is 477 g/mol. The number of carboxylic acids is 1. The van der Waals surface area contributed by atoms with E-state index in [1.54, 1.807) is 18.2 Å². The number of amides is 1. The Morgan fingerprint density at radius 3 is 2.50 bits per heavy atom. The Morgan fingerprint density at radius 2 is 1.82 bits per heavy atom. The summed E-state index contributed by atoms with van der Waals surface area (Å²) in [4.78, 5) is 27.9. The molecule has 0 saturated heterocycles. The van der Waals surface area contributed by atoms with E-state index in [1.807, 2.05) is 30.3 Å². The second-order valence-electron chi connectivity index (χ2n) is 7.18. The number of aromatic nitrogens is 1. The smallest absolute Gasteiger partial charge is 0.288 e. The molecule has 1 amide bonds. The van der Waals surface area contributed by atoms with Gasteiger partial charge in [0.15, 0.2) is 11.5 Å². The summed E-state index contributed by atoms with van der Waals surface area (Å²) in [6.45, 7) is 0. The third-order valence-corrected chi connectivity index (χ3v) is 5.44. The normalized spacial score (nSPS) is 11.0. The number of methoxy groups -OCH3 is 2. The van der Waals surface area contributed by atoms with Crippen LogP contribution in [0.25, 0.3) is 22.0 Å². The van der Waals surface area contributed by atoms with Gasteiger partial charge >= 0.3 is 0 Å². The van der Waals surface area contributed by atoms with Gasteiger partial charge in [-0.25, -0.2) is 5.43 Å². The van der Waals surface area contributed by atoms with Crippen LogP contribution < -0.4 is 20.0 Å². The fourth-order valence-electron chi connectivity index (χ4n) is 3.72. The number of rotatable bonds is 7. The number of carbonyl (C=O) groups is 2. The highest BCUT2D eigenvalue weighted by molar-refractivity contribution is 6.31. The summed E-state index contributed by atoms with van der Waals surface area (Å²) in [5, 5.41) is 17.0. The minimum Gasteiger partial charge on any atom is -0.545 e. The number of carboxylic acid groups (broad SMARTS) is 1. The molecule has 0 aliphatic heterocycles. The second-order valence-corrected chi connectivity index (χ2v) is 7.62. The van der Waals surface area contributed by atoms with Gasteiger partial charge in [0.05, 0.1) is 32.0 Å². The van der Waals surface area contributed by atoms with Gasteiger partial charge in [-0.05, 0) is 35.9 Å². The first-order chi connectivity index (χ1) is 16.4. The largest absolute Gasteiger partial charge is 0.545 e. The van der Waals surface area contributed by atoms with Gasteiger partial charge in [-0.2, -0.15) is 5.10 Å². The molecule has 0 bridgehead atoms. The van der Waals surface area contributed by atoms with E-state index >= 15 is 0 Å². The number of hydrogen-bond donors (Lipinski definition) is 2. The number of H-pyrrole nitrogens is 1. The van der Waals surface area contributed by atoms with Crippen molar-refractivity contribution in [3.05, 3.63) is 82.5 Å². The molecular formula is C25H19ClN3O5-. The Labute approximate surface area is 199 Å². The first kappa shape index (κ1) is 22.9. The Hall–Kier alpha value is -4.30. The van der Waals surface area contributed by atoms with E-state index in [-0.39, 0.29) is 28.3 Å². The zero-order valence-corrected chi connectivity index (χ0v) is 19.0. The average Bonchev–Trinajstić information content (AvgIpc) is 3.22. The number of nitrogens with one attached hydrogen (secondary N) is 2. The number of hydrazone groups is 1. The molecule has 0 unspecified atom stereocenters. The Bertz CT molecular complexity index is 1410. The number of aromatic amines is 1. The van der Waals surface area contributed by atoms with Crippen molar-refractivity contribution in [2.75, 3.05) is 14.2 Å². The highest BCUT2D eigenvalue weighted by Crippen LogP contribution is 2.34. The lowest BCUT2D eigenvalue weighted by molar-refractivity contribution is -0.255. The number of fused-ring (bicyclic) bond motifs is 1. The molecule has 9 heteroatoms. The van der Waals surface area contributed by atoms with Gasteiger partial charge in [-0.3, -0.25) is 4.79 Å². The lowest BCUT2D eigenvalue weighted by Gasteiger charge is -2.15. The summed E-state index contributed by atoms with van der Waals surface area (Å²) in [6.07, 6.45) is 1.20. The number of nitrogens with zero attached hydrogens (tertiary/aromatic N) is 1. The zero-order chi connectivity index (χ0) is 24.2. The van der Waals surface area contributed by atoms with Crippen LogP contribution >= 0.6 is 11.6 Å². The predicted molar refractivity (Wildman–Crippen MR) is 128 cm³/mol. The van der Waals surface area contributed by atoms with Gasteiger partial charge < -0.3 is 24.4 Å². The minimum atomic E-state index is -1.47. The van der Waals surface area contributed by atoms with Crippen LogP contribution in [0.4, 0.5) is 0 Å². The highest BCUT2D eigenvalue weighted by atomic mass is 35.5. The maximum atomic E-state index is 13.1. The second kappa shape index (κ2) is 9.68. The van der Waals surface area contributed by atoms with Gasteiger partial charge in [0.25, 0.3) is 5.91 Å². The maximum absolute atomic E-state index is 13.1. The minimum absolute atomic E-state index is 0.00311. The number of halogens is 1. The Kier molecular flexibility index (Phi) is 6.51. The van der Waals surface area contributed by atoms with Crippen LogP contribution in [0.15, 0.2) is 65.8 Å². The molecule has 0 radical (unpaired) electrons. The third kappa shape index (κ3) is 4.31. The molecule has 0 atom stereocenters. The van der Waals surface area contributed by atoms with Crippen LogP contribution in [-0.4, -0.2) is 37.3 Å². The monoisotopic (exact) mass is 476 g/mol. The van der Waals surface area contributed by atoms with E-state index in [1.165, 1.54) is 32.6 Å². The third-order valence-electron chi connectivity index (χ3n) is 5.20. The van der Waals surface area contributed by atoms with Crippen LogP contribution in [-0.2, 0) is 0 Å². The van der Waals surface area contributed by atoms with Gasteiger partial charge in [0.1, 0.15) is 5.69 Å². The summed E-state index contributed by atoms with van der Waals surface area (Å²) >= 11 is 6.19. The van der Waals surface area contributed by atoms with Gasteiger partial charge in [0, 0.05) is 27.1 Å². The SMILES string of the molecule is COc1ccc(C=NNC(=O)c2[nH]c3ccc(Cl)cc3c2-c2ccccc2)c(C(=O)[O-])c1OC. The van der Waals surface area contributed by atoms with Gasteiger partial charge in [-0.15, -0.1) is 0 Å². The molecule has 4 aromatic rings. The van der Waals surface area contributed by atoms with Crippen molar-refractivity contribution < 1.29 is 24.2 Å². The van der Waals surface area contributed by atoms with Crippen molar-refractivity contribution in [2.24, 2.45) is 5.10 Å². The van der Waals surface area contributed by atoms with E-state index in [0.29, 0.717) is 10.6 Å². The number of benzene rings is 3. The van der Waals surface area contributed by atoms with E-state index in [9.17, 15) is 14.7 Å². The van der Waals surface area contributed by atoms with Crippen LogP contribution in [0.5, 0.6) is 11.5 Å². The molecule has 0 fully saturated rings. The molecule has 1 heterocycles. The first-order valence-corrected chi connectivity index (χ1v) is 10.5. The van der Waals surface area contributed by atoms with E-state index in [0.717, 1.165) is 16.5 Å². The molecular weight excluding hydrogens is 458 g/mol. The summed E-state index contributed by atoms with van der Waals surface area (Å²) in [5.41, 5.74) is 4.89. The number of ether oxygens (including phenoxy) is 2. The summed E-state index contributed by atoms with van der Waals surface area (Å²) in [7, 11) is 2.71. The first-order valence-electron chi connectivity index (χ1n) is 10.1. The lowest BCUT2D eigenvalue weighted by Crippen LogP contribution is -2.25. The topological polar surface area (TPSA) is 116 Å². The molecule has 1 aromatic heterocycles. The van der Waals surface area contributed by atoms with Crippen molar-refractivity contribution in [1.29, 1.82) is 0 Å². The molecule has 3 aromatic carbocycles. The molecule has 0 saturated carbocycles. The van der Waals surface area contributed by atoms with E-state index < -0.39 is 11.9 Å².